The zero-order chi connectivity index (χ0) is 16.5. The van der Waals surface area contributed by atoms with Crippen molar-refractivity contribution in [3.05, 3.63) is 29.8 Å². The molecule has 1 aromatic rings. The second-order valence-corrected chi connectivity index (χ2v) is 5.97. The summed E-state index contributed by atoms with van der Waals surface area (Å²) in [6, 6.07) is 8.47. The molecule has 0 aliphatic heterocycles. The number of hydrogen-bond acceptors (Lipinski definition) is 3. The van der Waals surface area contributed by atoms with E-state index < -0.39 is 0 Å². The third-order valence-electron chi connectivity index (χ3n) is 4.23. The van der Waals surface area contributed by atoms with Gasteiger partial charge in [0.15, 0.2) is 5.96 Å². The molecule has 136 valence electrons. The lowest BCUT2D eigenvalue weighted by Gasteiger charge is -2.27. The summed E-state index contributed by atoms with van der Waals surface area (Å²) in [5, 5.41) is 16.4. The number of aliphatic imine (C=N–C) groups is 1. The number of methoxy groups -OCH3 is 1. The molecular weight excluding hydrogens is 417 g/mol. The number of hydrogen-bond donors (Lipinski definition) is 3. The van der Waals surface area contributed by atoms with Gasteiger partial charge in [-0.15, -0.1) is 24.0 Å². The van der Waals surface area contributed by atoms with E-state index in [1.54, 1.807) is 7.11 Å². The van der Waals surface area contributed by atoms with Gasteiger partial charge in [0.25, 0.3) is 0 Å². The fourth-order valence-corrected chi connectivity index (χ4v) is 2.93. The molecule has 3 N–H and O–H groups in total. The second-order valence-electron chi connectivity index (χ2n) is 5.97. The van der Waals surface area contributed by atoms with Gasteiger partial charge in [-0.2, -0.15) is 0 Å². The normalized spacial score (nSPS) is 20.9. The molecule has 0 aromatic heterocycles. The quantitative estimate of drug-likeness (QED) is 0.357. The third-order valence-corrected chi connectivity index (χ3v) is 4.23. The van der Waals surface area contributed by atoms with Crippen LogP contribution < -0.4 is 15.4 Å². The van der Waals surface area contributed by atoms with Crippen LogP contribution in [0.4, 0.5) is 0 Å². The molecule has 0 atom stereocenters. The number of nitrogens with one attached hydrogen (secondary N) is 2. The number of guanidine groups is 1. The van der Waals surface area contributed by atoms with Crippen LogP contribution in [0, 0.1) is 0 Å². The molecule has 1 saturated carbocycles. The Morgan fingerprint density at radius 3 is 2.62 bits per heavy atom. The van der Waals surface area contributed by atoms with Crippen LogP contribution in [0.15, 0.2) is 29.3 Å². The highest BCUT2D eigenvalue weighted by Gasteiger charge is 2.19. The summed E-state index contributed by atoms with van der Waals surface area (Å²) < 4.78 is 5.38. The minimum Gasteiger partial charge on any atom is -0.496 e. The van der Waals surface area contributed by atoms with Gasteiger partial charge in [0.2, 0.25) is 0 Å². The van der Waals surface area contributed by atoms with Gasteiger partial charge >= 0.3 is 0 Å². The Hall–Kier alpha value is -1.02. The Labute approximate surface area is 162 Å². The molecule has 1 aromatic carbocycles. The lowest BCUT2D eigenvalue weighted by atomic mass is 9.93. The Kier molecular flexibility index (Phi) is 10.1. The van der Waals surface area contributed by atoms with Crippen molar-refractivity contribution < 1.29 is 9.84 Å². The average molecular weight is 447 g/mol. The van der Waals surface area contributed by atoms with Gasteiger partial charge in [0.1, 0.15) is 5.75 Å². The molecule has 24 heavy (non-hydrogen) atoms. The number of rotatable bonds is 6. The Bertz CT molecular complexity index is 503. The number of halogens is 1. The van der Waals surface area contributed by atoms with E-state index >= 15 is 0 Å². The number of nitrogens with zero attached hydrogens (tertiary/aromatic N) is 1. The first-order valence-corrected chi connectivity index (χ1v) is 8.57. The summed E-state index contributed by atoms with van der Waals surface area (Å²) in [7, 11) is 1.70. The van der Waals surface area contributed by atoms with Crippen molar-refractivity contribution in [1.82, 2.24) is 10.6 Å². The Morgan fingerprint density at radius 2 is 1.96 bits per heavy atom. The lowest BCUT2D eigenvalue weighted by molar-refractivity contribution is 0.120. The first kappa shape index (κ1) is 21.0. The molecule has 0 saturated heterocycles. The first-order valence-electron chi connectivity index (χ1n) is 8.57. The lowest BCUT2D eigenvalue weighted by Crippen LogP contribution is -2.45. The van der Waals surface area contributed by atoms with Crippen LogP contribution in [0.2, 0.25) is 0 Å². The minimum atomic E-state index is -0.127. The predicted molar refractivity (Wildman–Crippen MR) is 109 cm³/mol. The molecular formula is C18H30IN3O2. The van der Waals surface area contributed by atoms with Crippen LogP contribution in [0.3, 0.4) is 0 Å². The van der Waals surface area contributed by atoms with Crippen molar-refractivity contribution in [3.63, 3.8) is 0 Å². The second kappa shape index (κ2) is 11.5. The van der Waals surface area contributed by atoms with Crippen molar-refractivity contribution in [2.45, 2.75) is 51.2 Å². The summed E-state index contributed by atoms with van der Waals surface area (Å²) in [5.41, 5.74) is 1.18. The highest BCUT2D eigenvalue weighted by Crippen LogP contribution is 2.19. The number of aliphatic hydroxyl groups is 1. The fraction of sp³-hybridized carbons (Fsp3) is 0.611. The molecule has 1 fully saturated rings. The van der Waals surface area contributed by atoms with E-state index in [9.17, 15) is 5.11 Å². The van der Waals surface area contributed by atoms with Crippen molar-refractivity contribution in [2.24, 2.45) is 4.99 Å². The molecule has 0 spiro atoms. The fourth-order valence-electron chi connectivity index (χ4n) is 2.93. The van der Waals surface area contributed by atoms with Crippen LogP contribution in [-0.4, -0.2) is 43.4 Å². The highest BCUT2D eigenvalue weighted by molar-refractivity contribution is 14.0. The van der Waals surface area contributed by atoms with E-state index in [1.807, 2.05) is 18.2 Å². The number of ether oxygens (including phenoxy) is 1. The van der Waals surface area contributed by atoms with Crippen LogP contribution >= 0.6 is 24.0 Å². The van der Waals surface area contributed by atoms with Gasteiger partial charge in [0.05, 0.1) is 13.2 Å². The molecule has 6 heteroatoms. The van der Waals surface area contributed by atoms with Gasteiger partial charge < -0.3 is 20.5 Å². The average Bonchev–Trinajstić information content (AvgIpc) is 2.57. The largest absolute Gasteiger partial charge is 0.496 e. The van der Waals surface area contributed by atoms with Crippen LogP contribution in [0.1, 0.15) is 38.2 Å². The van der Waals surface area contributed by atoms with Gasteiger partial charge in [-0.05, 0) is 50.7 Å². The number of para-hydroxylation sites is 1. The molecule has 5 nitrogen and oxygen atoms in total. The maximum atomic E-state index is 9.60. The molecule has 1 aliphatic rings. The Morgan fingerprint density at radius 1 is 1.25 bits per heavy atom. The highest BCUT2D eigenvalue weighted by atomic mass is 127. The number of benzene rings is 1. The van der Waals surface area contributed by atoms with Gasteiger partial charge in [-0.25, -0.2) is 0 Å². The van der Waals surface area contributed by atoms with Crippen molar-refractivity contribution in [2.75, 3.05) is 20.2 Å². The molecule has 2 rings (SSSR count). The van der Waals surface area contributed by atoms with E-state index in [0.717, 1.165) is 50.4 Å². The van der Waals surface area contributed by atoms with E-state index in [1.165, 1.54) is 5.56 Å². The summed E-state index contributed by atoms with van der Waals surface area (Å²) in [6.45, 7) is 3.63. The van der Waals surface area contributed by atoms with Crippen molar-refractivity contribution in [1.29, 1.82) is 0 Å². The van der Waals surface area contributed by atoms with E-state index in [2.05, 4.69) is 28.6 Å². The van der Waals surface area contributed by atoms with Crippen LogP contribution in [-0.2, 0) is 6.42 Å². The van der Waals surface area contributed by atoms with E-state index in [-0.39, 0.29) is 30.1 Å². The first-order chi connectivity index (χ1) is 11.2. The van der Waals surface area contributed by atoms with Gasteiger partial charge in [-0.1, -0.05) is 18.2 Å². The monoisotopic (exact) mass is 447 g/mol. The van der Waals surface area contributed by atoms with Gasteiger partial charge in [0, 0.05) is 19.1 Å². The van der Waals surface area contributed by atoms with E-state index in [0.29, 0.717) is 12.6 Å². The molecule has 0 heterocycles. The standard InChI is InChI=1S/C18H29N3O2.HI/c1-3-19-18(21-15-8-10-16(22)11-9-15)20-13-12-14-6-4-5-7-17(14)23-2;/h4-7,15-16,22H,3,8-13H2,1-2H3,(H2,19,20,21);1H. The minimum absolute atomic E-state index is 0. The molecule has 0 unspecified atom stereocenters. The predicted octanol–water partition coefficient (Wildman–Crippen LogP) is 2.71. The molecule has 1 aliphatic carbocycles. The summed E-state index contributed by atoms with van der Waals surface area (Å²) in [6.07, 6.45) is 4.47. The summed E-state index contributed by atoms with van der Waals surface area (Å²) >= 11 is 0. The molecule has 0 radical (unpaired) electrons. The zero-order valence-electron chi connectivity index (χ0n) is 14.6. The summed E-state index contributed by atoms with van der Waals surface area (Å²) in [4.78, 5) is 4.67. The smallest absolute Gasteiger partial charge is 0.191 e. The zero-order valence-corrected chi connectivity index (χ0v) is 17.0. The maximum Gasteiger partial charge on any atom is 0.191 e. The van der Waals surface area contributed by atoms with Crippen molar-refractivity contribution >= 4 is 29.9 Å². The van der Waals surface area contributed by atoms with Crippen LogP contribution in [0.25, 0.3) is 0 Å². The van der Waals surface area contributed by atoms with Gasteiger partial charge in [-0.3, -0.25) is 4.99 Å². The van der Waals surface area contributed by atoms with Crippen LogP contribution in [0.5, 0.6) is 5.75 Å². The third kappa shape index (κ3) is 6.84. The number of aliphatic hydroxyl groups excluding tert-OH is 1. The topological polar surface area (TPSA) is 65.9 Å². The molecule has 0 amide bonds. The molecule has 0 bridgehead atoms. The van der Waals surface area contributed by atoms with Crippen molar-refractivity contribution in [3.8, 4) is 5.75 Å². The summed E-state index contributed by atoms with van der Waals surface area (Å²) in [5.74, 6) is 1.78. The maximum absolute atomic E-state index is 9.60. The van der Waals surface area contributed by atoms with E-state index in [4.69, 9.17) is 4.74 Å². The SMILES string of the molecule is CCNC(=NCCc1ccccc1OC)NC1CCC(O)CC1.I. The Balaban J connectivity index is 0.00000288.